The van der Waals surface area contributed by atoms with E-state index >= 15 is 0 Å². The SMILES string of the molecule is O=S1(=O)CCCCC1C(O)Cc1cc(Br)cs1. The van der Waals surface area contributed by atoms with Gasteiger partial charge in [0.1, 0.15) is 0 Å². The second-order valence-corrected chi connectivity index (χ2v) is 8.65. The molecule has 1 aromatic heterocycles. The summed E-state index contributed by atoms with van der Waals surface area (Å²) in [4.78, 5) is 1.02. The molecular formula is C11H15BrO3S2. The Labute approximate surface area is 114 Å². The number of hydrogen-bond acceptors (Lipinski definition) is 4. The van der Waals surface area contributed by atoms with E-state index in [0.29, 0.717) is 12.8 Å². The van der Waals surface area contributed by atoms with E-state index in [0.717, 1.165) is 22.2 Å². The molecule has 1 aliphatic rings. The van der Waals surface area contributed by atoms with Crippen LogP contribution < -0.4 is 0 Å². The summed E-state index contributed by atoms with van der Waals surface area (Å²) in [7, 11) is -3.09. The summed E-state index contributed by atoms with van der Waals surface area (Å²) < 4.78 is 24.7. The van der Waals surface area contributed by atoms with Crippen LogP contribution in [0.3, 0.4) is 0 Å². The van der Waals surface area contributed by atoms with Crippen LogP contribution in [-0.4, -0.2) is 30.6 Å². The minimum atomic E-state index is -3.09. The van der Waals surface area contributed by atoms with Crippen LogP contribution in [0.25, 0.3) is 0 Å². The van der Waals surface area contributed by atoms with Crippen LogP contribution in [0, 0.1) is 0 Å². The van der Waals surface area contributed by atoms with Gasteiger partial charge in [0.05, 0.1) is 17.1 Å². The van der Waals surface area contributed by atoms with Gasteiger partial charge in [-0.2, -0.15) is 0 Å². The highest BCUT2D eigenvalue weighted by molar-refractivity contribution is 9.10. The van der Waals surface area contributed by atoms with Crippen LogP contribution in [0.4, 0.5) is 0 Å². The molecule has 1 N–H and O–H groups in total. The van der Waals surface area contributed by atoms with Crippen LogP contribution in [0.5, 0.6) is 0 Å². The quantitative estimate of drug-likeness (QED) is 0.920. The third-order valence-electron chi connectivity index (χ3n) is 3.09. The van der Waals surface area contributed by atoms with Gasteiger partial charge >= 0.3 is 0 Å². The molecule has 1 aliphatic heterocycles. The molecule has 2 atom stereocenters. The molecule has 0 spiro atoms. The third kappa shape index (κ3) is 3.30. The Kier molecular flexibility index (Phi) is 4.28. The fraction of sp³-hybridized carbons (Fsp3) is 0.636. The predicted octanol–water partition coefficient (Wildman–Crippen LogP) is 2.38. The van der Waals surface area contributed by atoms with Crippen LogP contribution in [-0.2, 0) is 16.3 Å². The van der Waals surface area contributed by atoms with E-state index in [2.05, 4.69) is 15.9 Å². The first-order valence-electron chi connectivity index (χ1n) is 5.61. The number of aliphatic hydroxyl groups excluding tert-OH is 1. The Morgan fingerprint density at radius 2 is 2.29 bits per heavy atom. The summed E-state index contributed by atoms with van der Waals surface area (Å²) in [6.07, 6.45) is 1.88. The van der Waals surface area contributed by atoms with Gasteiger partial charge in [0.2, 0.25) is 0 Å². The van der Waals surface area contributed by atoms with Crippen molar-refractivity contribution in [1.82, 2.24) is 0 Å². The van der Waals surface area contributed by atoms with Crippen molar-refractivity contribution in [3.8, 4) is 0 Å². The maximum atomic E-state index is 11.9. The average molecular weight is 339 g/mol. The largest absolute Gasteiger partial charge is 0.391 e. The van der Waals surface area contributed by atoms with Gasteiger partial charge in [-0.25, -0.2) is 8.42 Å². The molecule has 2 heterocycles. The molecule has 0 bridgehead atoms. The zero-order chi connectivity index (χ0) is 12.5. The predicted molar refractivity (Wildman–Crippen MR) is 73.2 cm³/mol. The van der Waals surface area contributed by atoms with Crippen LogP contribution in [0.1, 0.15) is 24.1 Å². The summed E-state index contributed by atoms with van der Waals surface area (Å²) in [6.45, 7) is 0. The van der Waals surface area contributed by atoms with E-state index in [-0.39, 0.29) is 5.75 Å². The average Bonchev–Trinajstić information content (AvgIpc) is 2.63. The number of halogens is 1. The molecule has 0 aromatic carbocycles. The van der Waals surface area contributed by atoms with Gasteiger partial charge in [0.15, 0.2) is 9.84 Å². The Morgan fingerprint density at radius 1 is 1.53 bits per heavy atom. The number of thiophene rings is 1. The van der Waals surface area contributed by atoms with E-state index < -0.39 is 21.2 Å². The standard InChI is InChI=1S/C11H15BrO3S2/c12-8-5-9(16-7-8)6-10(13)11-3-1-2-4-17(11,14)15/h5,7,10-11,13H,1-4,6H2. The zero-order valence-electron chi connectivity index (χ0n) is 9.30. The Hall–Kier alpha value is 0.0900. The third-order valence-corrected chi connectivity index (χ3v) is 7.14. The van der Waals surface area contributed by atoms with Crippen molar-refractivity contribution in [2.45, 2.75) is 37.0 Å². The fourth-order valence-electron chi connectivity index (χ4n) is 2.21. The highest BCUT2D eigenvalue weighted by atomic mass is 79.9. The van der Waals surface area contributed by atoms with Gasteiger partial charge in [-0.05, 0) is 34.8 Å². The van der Waals surface area contributed by atoms with Crippen molar-refractivity contribution in [3.63, 3.8) is 0 Å². The van der Waals surface area contributed by atoms with Crippen LogP contribution >= 0.6 is 27.3 Å². The molecule has 1 fully saturated rings. The first-order chi connectivity index (χ1) is 7.99. The van der Waals surface area contributed by atoms with E-state index in [1.165, 1.54) is 0 Å². The highest BCUT2D eigenvalue weighted by Gasteiger charge is 2.34. The molecule has 0 radical (unpaired) electrons. The first-order valence-corrected chi connectivity index (χ1v) is 9.00. The molecule has 1 saturated heterocycles. The minimum absolute atomic E-state index is 0.225. The maximum absolute atomic E-state index is 11.9. The molecule has 0 amide bonds. The molecule has 1 aromatic rings. The molecule has 96 valence electrons. The van der Waals surface area contributed by atoms with Gasteiger partial charge in [-0.1, -0.05) is 6.42 Å². The monoisotopic (exact) mass is 338 g/mol. The molecule has 2 unspecified atom stereocenters. The number of rotatable bonds is 3. The van der Waals surface area contributed by atoms with Crippen molar-refractivity contribution in [3.05, 3.63) is 20.8 Å². The molecule has 17 heavy (non-hydrogen) atoms. The topological polar surface area (TPSA) is 54.4 Å². The lowest BCUT2D eigenvalue weighted by Crippen LogP contribution is -2.39. The number of sulfone groups is 1. The smallest absolute Gasteiger partial charge is 0.155 e. The van der Waals surface area contributed by atoms with Crippen LogP contribution in [0.2, 0.25) is 0 Å². The van der Waals surface area contributed by atoms with Gasteiger partial charge in [-0.3, -0.25) is 0 Å². The lowest BCUT2D eigenvalue weighted by molar-refractivity contribution is 0.163. The van der Waals surface area contributed by atoms with Crippen molar-refractivity contribution in [2.24, 2.45) is 0 Å². The summed E-state index contributed by atoms with van der Waals surface area (Å²) in [5.74, 6) is 0.225. The number of hydrogen-bond donors (Lipinski definition) is 1. The van der Waals surface area contributed by atoms with E-state index in [9.17, 15) is 13.5 Å². The molecule has 0 saturated carbocycles. The minimum Gasteiger partial charge on any atom is -0.391 e. The van der Waals surface area contributed by atoms with E-state index in [1.807, 2.05) is 11.4 Å². The maximum Gasteiger partial charge on any atom is 0.155 e. The van der Waals surface area contributed by atoms with Crippen molar-refractivity contribution in [1.29, 1.82) is 0 Å². The highest BCUT2D eigenvalue weighted by Crippen LogP contribution is 2.27. The summed E-state index contributed by atoms with van der Waals surface area (Å²) in [6, 6.07) is 1.93. The van der Waals surface area contributed by atoms with E-state index in [4.69, 9.17) is 0 Å². The number of aliphatic hydroxyl groups is 1. The van der Waals surface area contributed by atoms with Crippen molar-refractivity contribution >= 4 is 37.1 Å². The Bertz CT molecular complexity index is 481. The van der Waals surface area contributed by atoms with Crippen molar-refractivity contribution < 1.29 is 13.5 Å². The lowest BCUT2D eigenvalue weighted by Gasteiger charge is -2.26. The van der Waals surface area contributed by atoms with Gasteiger partial charge < -0.3 is 5.11 Å². The normalized spacial score (nSPS) is 25.6. The van der Waals surface area contributed by atoms with E-state index in [1.54, 1.807) is 11.3 Å². The molecular weight excluding hydrogens is 324 g/mol. The van der Waals surface area contributed by atoms with Crippen molar-refractivity contribution in [2.75, 3.05) is 5.75 Å². The van der Waals surface area contributed by atoms with Gasteiger partial charge in [0, 0.05) is 21.2 Å². The second kappa shape index (κ2) is 5.38. The second-order valence-electron chi connectivity index (χ2n) is 4.40. The summed E-state index contributed by atoms with van der Waals surface area (Å²) >= 11 is 4.89. The van der Waals surface area contributed by atoms with Gasteiger partial charge in [-0.15, -0.1) is 11.3 Å². The lowest BCUT2D eigenvalue weighted by atomic mass is 10.1. The summed E-state index contributed by atoms with van der Waals surface area (Å²) in [5.41, 5.74) is 0. The Morgan fingerprint density at radius 3 is 2.88 bits per heavy atom. The summed E-state index contributed by atoms with van der Waals surface area (Å²) in [5, 5.41) is 11.5. The van der Waals surface area contributed by atoms with Gasteiger partial charge in [0.25, 0.3) is 0 Å². The first kappa shape index (κ1) is 13.5. The molecule has 2 rings (SSSR count). The zero-order valence-corrected chi connectivity index (χ0v) is 12.5. The molecule has 0 aliphatic carbocycles. The Balaban J connectivity index is 2.06. The molecule has 3 nitrogen and oxygen atoms in total. The fourth-order valence-corrected chi connectivity index (χ4v) is 5.72. The molecule has 6 heteroatoms. The van der Waals surface area contributed by atoms with Crippen LogP contribution in [0.15, 0.2) is 15.9 Å².